The average Bonchev–Trinajstić information content (AvgIpc) is 2.74. The number of hydrogen-bond donors (Lipinski definition) is 1. The van der Waals surface area contributed by atoms with E-state index in [1.807, 2.05) is 0 Å². The molecular formula is C20H24FN3O4S. The zero-order valence-electron chi connectivity index (χ0n) is 16.2. The fraction of sp³-hybridized carbons (Fsp3) is 0.350. The van der Waals surface area contributed by atoms with Crippen molar-refractivity contribution < 1.29 is 22.3 Å². The highest BCUT2D eigenvalue weighted by atomic mass is 32.2. The topological polar surface area (TPSA) is 79.0 Å². The summed E-state index contributed by atoms with van der Waals surface area (Å²) in [5.41, 5.74) is 0.556. The highest BCUT2D eigenvalue weighted by molar-refractivity contribution is 7.89. The zero-order chi connectivity index (χ0) is 20.9. The van der Waals surface area contributed by atoms with Gasteiger partial charge in [-0.3, -0.25) is 9.69 Å². The maximum atomic E-state index is 13.0. The molecule has 0 bridgehead atoms. The number of benzene rings is 2. The highest BCUT2D eigenvalue weighted by Crippen LogP contribution is 2.18. The van der Waals surface area contributed by atoms with Crippen molar-refractivity contribution >= 4 is 15.9 Å². The molecular weight excluding hydrogens is 397 g/mol. The average molecular weight is 421 g/mol. The van der Waals surface area contributed by atoms with E-state index in [1.165, 1.54) is 16.4 Å². The lowest BCUT2D eigenvalue weighted by Crippen LogP contribution is -2.50. The molecule has 1 saturated heterocycles. The van der Waals surface area contributed by atoms with Crippen LogP contribution in [0.1, 0.15) is 10.4 Å². The summed E-state index contributed by atoms with van der Waals surface area (Å²) in [4.78, 5) is 14.4. The number of amides is 1. The van der Waals surface area contributed by atoms with E-state index < -0.39 is 15.8 Å². The number of halogens is 1. The van der Waals surface area contributed by atoms with Crippen LogP contribution < -0.4 is 10.1 Å². The number of sulfonamides is 1. The maximum Gasteiger partial charge on any atom is 0.251 e. The van der Waals surface area contributed by atoms with E-state index >= 15 is 0 Å². The maximum absolute atomic E-state index is 13.0. The normalized spacial score (nSPS) is 15.8. The van der Waals surface area contributed by atoms with Gasteiger partial charge in [0.25, 0.3) is 5.91 Å². The number of nitrogens with zero attached hydrogens (tertiary/aromatic N) is 2. The van der Waals surface area contributed by atoms with E-state index in [0.29, 0.717) is 50.6 Å². The van der Waals surface area contributed by atoms with Crippen LogP contribution in [0.3, 0.4) is 0 Å². The SMILES string of the molecule is COc1ccc(C(=O)NCCN2CCN(S(=O)(=O)c3ccc(F)cc3)CC2)cc1. The highest BCUT2D eigenvalue weighted by Gasteiger charge is 2.28. The minimum absolute atomic E-state index is 0.0964. The first kappa shape index (κ1) is 21.2. The lowest BCUT2D eigenvalue weighted by Gasteiger charge is -2.33. The molecule has 0 aliphatic carbocycles. The lowest BCUT2D eigenvalue weighted by molar-refractivity contribution is 0.0945. The lowest BCUT2D eigenvalue weighted by atomic mass is 10.2. The molecule has 1 aliphatic heterocycles. The van der Waals surface area contributed by atoms with Crippen molar-refractivity contribution in [3.63, 3.8) is 0 Å². The second-order valence-electron chi connectivity index (χ2n) is 6.68. The van der Waals surface area contributed by atoms with Gasteiger partial charge in [0.1, 0.15) is 11.6 Å². The van der Waals surface area contributed by atoms with Gasteiger partial charge in [-0.2, -0.15) is 4.31 Å². The van der Waals surface area contributed by atoms with E-state index in [2.05, 4.69) is 10.2 Å². The number of piperazine rings is 1. The smallest absolute Gasteiger partial charge is 0.251 e. The van der Waals surface area contributed by atoms with Gasteiger partial charge in [-0.15, -0.1) is 0 Å². The predicted molar refractivity (Wildman–Crippen MR) is 107 cm³/mol. The minimum atomic E-state index is -3.62. The Morgan fingerprint density at radius 3 is 2.24 bits per heavy atom. The van der Waals surface area contributed by atoms with E-state index in [1.54, 1.807) is 31.4 Å². The van der Waals surface area contributed by atoms with E-state index in [9.17, 15) is 17.6 Å². The van der Waals surface area contributed by atoms with Gasteiger partial charge >= 0.3 is 0 Å². The summed E-state index contributed by atoms with van der Waals surface area (Å²) < 4.78 is 44.8. The van der Waals surface area contributed by atoms with Gasteiger partial charge in [-0.1, -0.05) is 0 Å². The third kappa shape index (κ3) is 5.31. The molecule has 7 nitrogen and oxygen atoms in total. The van der Waals surface area contributed by atoms with Gasteiger partial charge in [0.05, 0.1) is 12.0 Å². The molecule has 0 aromatic heterocycles. The van der Waals surface area contributed by atoms with Crippen LogP contribution in [0.2, 0.25) is 0 Å². The quantitative estimate of drug-likeness (QED) is 0.734. The van der Waals surface area contributed by atoms with Crippen LogP contribution >= 0.6 is 0 Å². The Morgan fingerprint density at radius 2 is 1.66 bits per heavy atom. The van der Waals surface area contributed by atoms with Crippen molar-refractivity contribution in [3.05, 3.63) is 59.9 Å². The molecule has 0 radical (unpaired) electrons. The van der Waals surface area contributed by atoms with Crippen molar-refractivity contribution in [2.45, 2.75) is 4.90 Å². The first-order valence-corrected chi connectivity index (χ1v) is 10.7. The summed E-state index contributed by atoms with van der Waals surface area (Å²) in [5, 5.41) is 2.87. The van der Waals surface area contributed by atoms with Crippen LogP contribution in [0, 0.1) is 5.82 Å². The Balaban J connectivity index is 1.45. The standard InChI is InChI=1S/C20H24FN3O4S/c1-28-18-6-2-16(3-7-18)20(25)22-10-11-23-12-14-24(15-13-23)29(26,27)19-8-4-17(21)5-9-19/h2-9H,10-15H2,1H3,(H,22,25). The molecule has 9 heteroatoms. The third-order valence-corrected chi connectivity index (χ3v) is 6.76. The molecule has 1 N–H and O–H groups in total. The van der Waals surface area contributed by atoms with Crippen LogP contribution in [-0.4, -0.2) is 69.9 Å². The Hall–Kier alpha value is -2.49. The summed E-state index contributed by atoms with van der Waals surface area (Å²) in [6.45, 7) is 2.94. The second kappa shape index (κ2) is 9.34. The van der Waals surface area contributed by atoms with Crippen LogP contribution in [0.5, 0.6) is 5.75 Å². The van der Waals surface area contributed by atoms with Crippen molar-refractivity contribution in [1.82, 2.24) is 14.5 Å². The van der Waals surface area contributed by atoms with Crippen molar-refractivity contribution in [1.29, 1.82) is 0 Å². The Bertz CT molecular complexity index is 925. The largest absolute Gasteiger partial charge is 0.497 e. The molecule has 1 amide bonds. The predicted octanol–water partition coefficient (Wildman–Crippen LogP) is 1.57. The molecule has 2 aromatic rings. The van der Waals surface area contributed by atoms with Crippen molar-refractivity contribution in [3.8, 4) is 5.75 Å². The van der Waals surface area contributed by atoms with Gasteiger partial charge in [0.2, 0.25) is 10.0 Å². The van der Waals surface area contributed by atoms with Crippen LogP contribution in [0.4, 0.5) is 4.39 Å². The van der Waals surface area contributed by atoms with Crippen LogP contribution in [-0.2, 0) is 10.0 Å². The van der Waals surface area contributed by atoms with Crippen molar-refractivity contribution in [2.24, 2.45) is 0 Å². The molecule has 1 aliphatic rings. The molecule has 3 rings (SSSR count). The van der Waals surface area contributed by atoms with Gasteiger partial charge < -0.3 is 10.1 Å². The number of methoxy groups -OCH3 is 1. The summed E-state index contributed by atoms with van der Waals surface area (Å²) in [5.74, 6) is 0.0608. The third-order valence-electron chi connectivity index (χ3n) is 4.85. The van der Waals surface area contributed by atoms with Crippen molar-refractivity contribution in [2.75, 3.05) is 46.4 Å². The monoisotopic (exact) mass is 421 g/mol. The molecule has 29 heavy (non-hydrogen) atoms. The van der Waals surface area contributed by atoms with Gasteiger partial charge in [0.15, 0.2) is 0 Å². The Labute approximate surface area is 170 Å². The first-order chi connectivity index (χ1) is 13.9. The molecule has 0 atom stereocenters. The van der Waals surface area contributed by atoms with E-state index in [0.717, 1.165) is 12.1 Å². The van der Waals surface area contributed by atoms with E-state index in [-0.39, 0.29) is 10.8 Å². The number of carbonyl (C=O) groups excluding carboxylic acids is 1. The molecule has 0 saturated carbocycles. The van der Waals surface area contributed by atoms with Crippen LogP contribution in [0.15, 0.2) is 53.4 Å². The zero-order valence-corrected chi connectivity index (χ0v) is 17.0. The number of nitrogens with one attached hydrogen (secondary N) is 1. The van der Waals surface area contributed by atoms with Crippen LogP contribution in [0.25, 0.3) is 0 Å². The summed E-state index contributed by atoms with van der Waals surface area (Å²) >= 11 is 0. The van der Waals surface area contributed by atoms with Gasteiger partial charge in [0, 0.05) is 44.8 Å². The Kier molecular flexibility index (Phi) is 6.83. The fourth-order valence-electron chi connectivity index (χ4n) is 3.12. The number of ether oxygens (including phenoxy) is 1. The van der Waals surface area contributed by atoms with Gasteiger partial charge in [-0.25, -0.2) is 12.8 Å². The molecule has 0 spiro atoms. The molecule has 1 heterocycles. The fourth-order valence-corrected chi connectivity index (χ4v) is 4.54. The molecule has 0 unspecified atom stereocenters. The summed E-state index contributed by atoms with van der Waals surface area (Å²) in [7, 11) is -2.05. The Morgan fingerprint density at radius 1 is 1.03 bits per heavy atom. The summed E-state index contributed by atoms with van der Waals surface area (Å²) in [6.07, 6.45) is 0. The molecule has 1 fully saturated rings. The molecule has 156 valence electrons. The summed E-state index contributed by atoms with van der Waals surface area (Å²) in [6, 6.07) is 11.7. The van der Waals surface area contributed by atoms with Gasteiger partial charge in [-0.05, 0) is 48.5 Å². The first-order valence-electron chi connectivity index (χ1n) is 9.30. The number of carbonyl (C=O) groups is 1. The minimum Gasteiger partial charge on any atom is -0.497 e. The number of hydrogen-bond acceptors (Lipinski definition) is 5. The second-order valence-corrected chi connectivity index (χ2v) is 8.62. The molecule has 2 aromatic carbocycles. The number of rotatable bonds is 7. The van der Waals surface area contributed by atoms with E-state index in [4.69, 9.17) is 4.74 Å².